The first kappa shape index (κ1) is 31.7. The summed E-state index contributed by atoms with van der Waals surface area (Å²) in [4.78, 5) is 24.3. The first-order chi connectivity index (χ1) is 22.8. The van der Waals surface area contributed by atoms with Gasteiger partial charge in [0, 0.05) is 41.9 Å². The van der Waals surface area contributed by atoms with E-state index in [9.17, 15) is 13.7 Å². The van der Waals surface area contributed by atoms with Crippen LogP contribution in [0.2, 0.25) is 0 Å². The topological polar surface area (TPSA) is 108 Å². The number of pyridine rings is 1. The van der Waals surface area contributed by atoms with Gasteiger partial charge in [-0.05, 0) is 60.5 Å². The molecule has 0 spiro atoms. The van der Waals surface area contributed by atoms with Crippen molar-refractivity contribution < 1.29 is 41.6 Å². The second kappa shape index (κ2) is 13.6. The highest BCUT2D eigenvalue weighted by molar-refractivity contribution is 5.93. The van der Waals surface area contributed by atoms with Crippen molar-refractivity contribution >= 4 is 17.0 Å². The lowest BCUT2D eigenvalue weighted by Crippen LogP contribution is -2.36. The SMILES string of the molecule is CO[C@H]1CCOC[C@H]1n1c(Cc2cc(F)c(-c3cccc(OCc4ccc(C#N)cc4F)n3)cc2F)nc2ccc(C(=O)OF)cc21. The number of hydrogen-bond acceptors (Lipinski definition) is 8. The van der Waals surface area contributed by atoms with Gasteiger partial charge in [0.1, 0.15) is 29.9 Å². The number of halogens is 4. The van der Waals surface area contributed by atoms with Gasteiger partial charge in [0.05, 0.1) is 52.7 Å². The van der Waals surface area contributed by atoms with Crippen molar-refractivity contribution in [2.75, 3.05) is 20.3 Å². The van der Waals surface area contributed by atoms with E-state index < -0.39 is 29.5 Å². The molecule has 0 amide bonds. The van der Waals surface area contributed by atoms with E-state index in [0.29, 0.717) is 29.9 Å². The van der Waals surface area contributed by atoms with Gasteiger partial charge in [-0.1, -0.05) is 12.1 Å². The Bertz CT molecular complexity index is 2010. The number of nitriles is 1. The second-order valence-corrected chi connectivity index (χ2v) is 10.8. The summed E-state index contributed by atoms with van der Waals surface area (Å²) in [7, 11) is 1.56. The summed E-state index contributed by atoms with van der Waals surface area (Å²) in [5.74, 6) is -2.88. The van der Waals surface area contributed by atoms with Gasteiger partial charge in [-0.25, -0.2) is 32.9 Å². The summed E-state index contributed by atoms with van der Waals surface area (Å²) in [5.41, 5.74) is 1.16. The normalized spacial score (nSPS) is 16.2. The Kier molecular flexibility index (Phi) is 9.15. The molecule has 3 aromatic carbocycles. The number of fused-ring (bicyclic) bond motifs is 1. The number of nitrogens with zero attached hydrogens (tertiary/aromatic N) is 4. The maximum Gasteiger partial charge on any atom is 0.379 e. The van der Waals surface area contributed by atoms with Crippen LogP contribution < -0.4 is 4.74 Å². The van der Waals surface area contributed by atoms with Crippen molar-refractivity contribution in [3.63, 3.8) is 0 Å². The Morgan fingerprint density at radius 1 is 1.02 bits per heavy atom. The van der Waals surface area contributed by atoms with E-state index in [2.05, 4.69) is 14.9 Å². The van der Waals surface area contributed by atoms with Crippen molar-refractivity contribution in [1.82, 2.24) is 14.5 Å². The monoisotopic (exact) mass is 646 g/mol. The fourth-order valence-electron chi connectivity index (χ4n) is 5.65. The van der Waals surface area contributed by atoms with Gasteiger partial charge in [0.25, 0.3) is 0 Å². The summed E-state index contributed by atoms with van der Waals surface area (Å²) in [6, 6.07) is 16.3. The van der Waals surface area contributed by atoms with E-state index in [0.717, 1.165) is 18.2 Å². The van der Waals surface area contributed by atoms with Crippen molar-refractivity contribution in [3.05, 3.63) is 112 Å². The third kappa shape index (κ3) is 6.51. The summed E-state index contributed by atoms with van der Waals surface area (Å²) < 4.78 is 77.0. The van der Waals surface area contributed by atoms with Gasteiger partial charge in [0.2, 0.25) is 5.88 Å². The zero-order valence-corrected chi connectivity index (χ0v) is 24.9. The van der Waals surface area contributed by atoms with Crippen LogP contribution in [0.4, 0.5) is 17.7 Å². The zero-order chi connectivity index (χ0) is 33.1. The molecule has 0 saturated carbocycles. The highest BCUT2D eigenvalue weighted by atomic mass is 19.3. The number of carbonyl (C=O) groups is 1. The molecule has 1 aliphatic heterocycles. The summed E-state index contributed by atoms with van der Waals surface area (Å²) >= 11 is 0. The Labute approximate surface area is 265 Å². The summed E-state index contributed by atoms with van der Waals surface area (Å²) in [6.45, 7) is 0.494. The molecule has 0 aliphatic carbocycles. The maximum absolute atomic E-state index is 15.7. The van der Waals surface area contributed by atoms with Crippen molar-refractivity contribution in [2.24, 2.45) is 0 Å². The largest absolute Gasteiger partial charge is 0.473 e. The molecular weight excluding hydrogens is 620 g/mol. The van der Waals surface area contributed by atoms with Crippen LogP contribution in [0.15, 0.2) is 66.7 Å². The molecule has 0 N–H and O–H groups in total. The average Bonchev–Trinajstić information content (AvgIpc) is 3.45. The molecule has 5 aromatic rings. The van der Waals surface area contributed by atoms with E-state index >= 15 is 8.78 Å². The number of benzene rings is 3. The molecule has 1 saturated heterocycles. The van der Waals surface area contributed by atoms with Gasteiger partial charge in [-0.15, -0.1) is 0 Å². The predicted molar refractivity (Wildman–Crippen MR) is 159 cm³/mol. The maximum atomic E-state index is 15.7. The molecule has 3 heterocycles. The molecular formula is C34H26F4N4O5. The average molecular weight is 647 g/mol. The van der Waals surface area contributed by atoms with E-state index in [-0.39, 0.29) is 65.1 Å². The van der Waals surface area contributed by atoms with Crippen LogP contribution in [0.25, 0.3) is 22.3 Å². The highest BCUT2D eigenvalue weighted by Crippen LogP contribution is 2.32. The van der Waals surface area contributed by atoms with Crippen molar-refractivity contribution in [3.8, 4) is 23.2 Å². The quantitative estimate of drug-likeness (QED) is 0.166. The highest BCUT2D eigenvalue weighted by Gasteiger charge is 2.31. The van der Waals surface area contributed by atoms with Crippen LogP contribution in [0.5, 0.6) is 5.88 Å². The molecule has 47 heavy (non-hydrogen) atoms. The van der Waals surface area contributed by atoms with Crippen LogP contribution in [0.3, 0.4) is 0 Å². The molecule has 0 bridgehead atoms. The van der Waals surface area contributed by atoms with Crippen molar-refractivity contribution in [1.29, 1.82) is 5.26 Å². The Hall–Kier alpha value is -5.32. The molecule has 1 fully saturated rings. The van der Waals surface area contributed by atoms with Crippen LogP contribution in [0, 0.1) is 28.8 Å². The zero-order valence-electron chi connectivity index (χ0n) is 24.9. The minimum Gasteiger partial charge on any atom is -0.473 e. The van der Waals surface area contributed by atoms with Gasteiger partial charge in [-0.3, -0.25) is 0 Å². The molecule has 13 heteroatoms. The fraction of sp³-hybridized carbons (Fsp3) is 0.235. The minimum absolute atomic E-state index is 0.000544. The first-order valence-corrected chi connectivity index (χ1v) is 14.5. The molecule has 9 nitrogen and oxygen atoms in total. The van der Waals surface area contributed by atoms with Gasteiger partial charge in [-0.2, -0.15) is 5.26 Å². The second-order valence-electron chi connectivity index (χ2n) is 10.8. The third-order valence-corrected chi connectivity index (χ3v) is 8.01. The van der Waals surface area contributed by atoms with Crippen LogP contribution in [0.1, 0.15) is 45.3 Å². The molecule has 0 radical (unpaired) electrons. The van der Waals surface area contributed by atoms with E-state index in [1.165, 1.54) is 42.5 Å². The molecule has 240 valence electrons. The number of aromatic nitrogens is 3. The third-order valence-electron chi connectivity index (χ3n) is 8.01. The number of hydrogen-bond donors (Lipinski definition) is 0. The molecule has 1 aliphatic rings. The lowest BCUT2D eigenvalue weighted by molar-refractivity contribution is -0.0787. The number of rotatable bonds is 9. The van der Waals surface area contributed by atoms with E-state index in [1.54, 1.807) is 17.7 Å². The number of imidazole rings is 1. The Morgan fingerprint density at radius 3 is 2.62 bits per heavy atom. The fourth-order valence-corrected chi connectivity index (χ4v) is 5.65. The number of ether oxygens (including phenoxy) is 3. The minimum atomic E-state index is -1.18. The number of methoxy groups -OCH3 is 1. The predicted octanol–water partition coefficient (Wildman–Crippen LogP) is 6.57. The Morgan fingerprint density at radius 2 is 1.85 bits per heavy atom. The summed E-state index contributed by atoms with van der Waals surface area (Å²) in [5, 5.41) is 8.93. The molecule has 6 rings (SSSR count). The molecule has 2 atom stereocenters. The smallest absolute Gasteiger partial charge is 0.379 e. The van der Waals surface area contributed by atoms with E-state index in [4.69, 9.17) is 19.5 Å². The van der Waals surface area contributed by atoms with Crippen LogP contribution in [-0.2, 0) is 27.4 Å². The lowest BCUT2D eigenvalue weighted by Gasteiger charge is -2.33. The van der Waals surface area contributed by atoms with Gasteiger partial charge < -0.3 is 18.8 Å². The molecule has 0 unspecified atom stereocenters. The van der Waals surface area contributed by atoms with Crippen LogP contribution in [-0.4, -0.2) is 46.9 Å². The van der Waals surface area contributed by atoms with E-state index in [1.807, 2.05) is 6.07 Å². The van der Waals surface area contributed by atoms with Gasteiger partial charge in [0.15, 0.2) is 0 Å². The van der Waals surface area contributed by atoms with Crippen LogP contribution >= 0.6 is 0 Å². The first-order valence-electron chi connectivity index (χ1n) is 14.5. The Balaban J connectivity index is 1.31. The molecule has 2 aromatic heterocycles. The summed E-state index contributed by atoms with van der Waals surface area (Å²) in [6.07, 6.45) is 0.109. The standard InChI is InChI=1S/C34H26F4N4O5/c1-44-31-9-10-45-18-30(31)42-29-13-20(34(43)47-38)7-8-28(29)40-32(42)14-22-12-26(37)23(15-25(22)36)27-3-2-4-33(41-27)46-17-21-6-5-19(16-39)11-24(21)35/h2-8,11-13,15,30-31H,9-10,14,17-18H2,1H3/t30-,31+/m1/s1. The van der Waals surface area contributed by atoms with Gasteiger partial charge >= 0.3 is 5.97 Å². The van der Waals surface area contributed by atoms with Crippen molar-refractivity contribution in [2.45, 2.75) is 31.6 Å². The lowest BCUT2D eigenvalue weighted by atomic mass is 10.0. The number of carbonyl (C=O) groups excluding carboxylic acids is 1.